The average molecular weight is 337 g/mol. The first-order valence-corrected chi connectivity index (χ1v) is 8.95. The summed E-state index contributed by atoms with van der Waals surface area (Å²) in [5.74, 6) is 0.739. The number of hydrogen-bond acceptors (Lipinski definition) is 3. The van der Waals surface area contributed by atoms with Crippen LogP contribution in [-0.4, -0.2) is 25.2 Å². The van der Waals surface area contributed by atoms with Crippen LogP contribution in [0.2, 0.25) is 0 Å². The van der Waals surface area contributed by atoms with Crippen molar-refractivity contribution in [3.8, 4) is 0 Å². The molecule has 1 N–H and O–H groups in total. The summed E-state index contributed by atoms with van der Waals surface area (Å²) in [6.07, 6.45) is 9.66. The molecule has 4 rings (SSSR count). The summed E-state index contributed by atoms with van der Waals surface area (Å²) in [6, 6.07) is 8.41. The van der Waals surface area contributed by atoms with E-state index in [0.29, 0.717) is 18.2 Å². The Labute approximate surface area is 146 Å². The van der Waals surface area contributed by atoms with Crippen LogP contribution in [0.5, 0.6) is 0 Å². The number of benzene rings is 1. The predicted octanol–water partition coefficient (Wildman–Crippen LogP) is 3.21. The highest BCUT2D eigenvalue weighted by molar-refractivity contribution is 5.93. The van der Waals surface area contributed by atoms with Gasteiger partial charge in [0.05, 0.1) is 35.4 Å². The van der Waals surface area contributed by atoms with E-state index in [9.17, 15) is 4.79 Å². The average Bonchev–Trinajstić information content (AvgIpc) is 3.26. The SMILES string of the molecule is Cn1c(CNC(=O)c2cnn(C3CCCCC3)c2)nc2ccccc21. The Morgan fingerprint density at radius 1 is 1.24 bits per heavy atom. The van der Waals surface area contributed by atoms with Crippen LogP contribution >= 0.6 is 0 Å². The number of aromatic nitrogens is 4. The van der Waals surface area contributed by atoms with Crippen LogP contribution in [0.1, 0.15) is 54.3 Å². The molecule has 6 heteroatoms. The second-order valence-electron chi connectivity index (χ2n) is 6.76. The molecule has 1 amide bonds. The Bertz CT molecular complexity index is 888. The zero-order chi connectivity index (χ0) is 17.2. The van der Waals surface area contributed by atoms with Crippen LogP contribution in [0, 0.1) is 0 Å². The third kappa shape index (κ3) is 3.16. The van der Waals surface area contributed by atoms with Gasteiger partial charge in [0, 0.05) is 13.2 Å². The van der Waals surface area contributed by atoms with Crippen molar-refractivity contribution >= 4 is 16.9 Å². The summed E-state index contributed by atoms with van der Waals surface area (Å²) in [5, 5.41) is 7.36. The van der Waals surface area contributed by atoms with E-state index in [1.54, 1.807) is 6.20 Å². The van der Waals surface area contributed by atoms with Crippen LogP contribution in [0.15, 0.2) is 36.7 Å². The molecule has 6 nitrogen and oxygen atoms in total. The maximum atomic E-state index is 12.4. The van der Waals surface area contributed by atoms with Crippen molar-refractivity contribution in [2.24, 2.45) is 7.05 Å². The number of imidazole rings is 1. The molecule has 2 heterocycles. The van der Waals surface area contributed by atoms with Gasteiger partial charge in [0.1, 0.15) is 5.82 Å². The van der Waals surface area contributed by atoms with E-state index in [0.717, 1.165) is 29.7 Å². The monoisotopic (exact) mass is 337 g/mol. The van der Waals surface area contributed by atoms with Crippen molar-refractivity contribution in [1.29, 1.82) is 0 Å². The molecule has 130 valence electrons. The van der Waals surface area contributed by atoms with Gasteiger partial charge in [-0.15, -0.1) is 0 Å². The number of rotatable bonds is 4. The van der Waals surface area contributed by atoms with Crippen molar-refractivity contribution in [2.45, 2.75) is 44.7 Å². The van der Waals surface area contributed by atoms with Crippen molar-refractivity contribution in [1.82, 2.24) is 24.6 Å². The van der Waals surface area contributed by atoms with Gasteiger partial charge in [-0.2, -0.15) is 5.10 Å². The number of carbonyl (C=O) groups excluding carboxylic acids is 1. The lowest BCUT2D eigenvalue weighted by atomic mass is 9.96. The Kier molecular flexibility index (Phi) is 4.26. The first-order chi connectivity index (χ1) is 12.2. The first kappa shape index (κ1) is 15.9. The molecule has 1 aromatic carbocycles. The van der Waals surface area contributed by atoms with Crippen molar-refractivity contribution in [3.05, 3.63) is 48.0 Å². The fraction of sp³-hybridized carbons (Fsp3) is 0.421. The summed E-state index contributed by atoms with van der Waals surface area (Å²) in [4.78, 5) is 17.0. The highest BCUT2D eigenvalue weighted by Gasteiger charge is 2.18. The van der Waals surface area contributed by atoms with E-state index in [1.807, 2.05) is 46.8 Å². The molecule has 0 aliphatic heterocycles. The number of para-hydroxylation sites is 2. The molecule has 1 saturated carbocycles. The van der Waals surface area contributed by atoms with E-state index >= 15 is 0 Å². The maximum Gasteiger partial charge on any atom is 0.254 e. The number of hydrogen-bond donors (Lipinski definition) is 1. The molecule has 25 heavy (non-hydrogen) atoms. The third-order valence-electron chi connectivity index (χ3n) is 5.10. The van der Waals surface area contributed by atoms with Crippen molar-refractivity contribution in [2.75, 3.05) is 0 Å². The summed E-state index contributed by atoms with van der Waals surface area (Å²) in [5.41, 5.74) is 2.63. The standard InChI is InChI=1S/C19H23N5O/c1-23-17-10-6-5-9-16(17)22-18(23)12-20-19(25)14-11-21-24(13-14)15-7-3-2-4-8-15/h5-6,9-11,13,15H,2-4,7-8,12H2,1H3,(H,20,25). The van der Waals surface area contributed by atoms with Gasteiger partial charge >= 0.3 is 0 Å². The van der Waals surface area contributed by atoms with Gasteiger partial charge in [-0.3, -0.25) is 9.48 Å². The fourth-order valence-corrected chi connectivity index (χ4v) is 3.62. The molecule has 0 atom stereocenters. The van der Waals surface area contributed by atoms with Gasteiger partial charge in [-0.25, -0.2) is 4.98 Å². The second kappa shape index (κ2) is 6.70. The van der Waals surface area contributed by atoms with E-state index in [1.165, 1.54) is 19.3 Å². The minimum Gasteiger partial charge on any atom is -0.345 e. The van der Waals surface area contributed by atoms with Gasteiger partial charge in [0.15, 0.2) is 0 Å². The van der Waals surface area contributed by atoms with Gasteiger partial charge in [0.2, 0.25) is 0 Å². The Morgan fingerprint density at radius 3 is 2.84 bits per heavy atom. The molecule has 1 fully saturated rings. The van der Waals surface area contributed by atoms with E-state index in [-0.39, 0.29) is 5.91 Å². The molecule has 1 aliphatic carbocycles. The maximum absolute atomic E-state index is 12.4. The fourth-order valence-electron chi connectivity index (χ4n) is 3.62. The lowest BCUT2D eigenvalue weighted by Crippen LogP contribution is -2.24. The highest BCUT2D eigenvalue weighted by Crippen LogP contribution is 2.27. The smallest absolute Gasteiger partial charge is 0.254 e. The van der Waals surface area contributed by atoms with Gasteiger partial charge in [-0.1, -0.05) is 31.4 Å². The minimum atomic E-state index is -0.103. The van der Waals surface area contributed by atoms with Gasteiger partial charge < -0.3 is 9.88 Å². The van der Waals surface area contributed by atoms with Crippen LogP contribution in [0.25, 0.3) is 11.0 Å². The molecule has 0 bridgehead atoms. The minimum absolute atomic E-state index is 0.103. The normalized spacial score (nSPS) is 15.6. The van der Waals surface area contributed by atoms with Crippen LogP contribution in [0.4, 0.5) is 0 Å². The largest absolute Gasteiger partial charge is 0.345 e. The summed E-state index contributed by atoms with van der Waals surface area (Å²) < 4.78 is 3.98. The predicted molar refractivity (Wildman–Crippen MR) is 96.2 cm³/mol. The summed E-state index contributed by atoms with van der Waals surface area (Å²) >= 11 is 0. The Hall–Kier alpha value is -2.63. The summed E-state index contributed by atoms with van der Waals surface area (Å²) in [6.45, 7) is 0.401. The quantitative estimate of drug-likeness (QED) is 0.795. The van der Waals surface area contributed by atoms with Crippen molar-refractivity contribution in [3.63, 3.8) is 0 Å². The molecule has 1 aliphatic rings. The molecule has 3 aromatic rings. The third-order valence-corrected chi connectivity index (χ3v) is 5.10. The number of amides is 1. The van der Waals surface area contributed by atoms with Crippen LogP contribution in [0.3, 0.4) is 0 Å². The van der Waals surface area contributed by atoms with E-state index in [2.05, 4.69) is 15.4 Å². The second-order valence-corrected chi connectivity index (χ2v) is 6.76. The molecule has 0 unspecified atom stereocenters. The molecular weight excluding hydrogens is 314 g/mol. The van der Waals surface area contributed by atoms with Crippen molar-refractivity contribution < 1.29 is 4.79 Å². The number of nitrogens with one attached hydrogen (secondary N) is 1. The zero-order valence-electron chi connectivity index (χ0n) is 14.5. The highest BCUT2D eigenvalue weighted by atomic mass is 16.1. The Balaban J connectivity index is 1.43. The van der Waals surface area contributed by atoms with Gasteiger partial charge in [-0.05, 0) is 25.0 Å². The van der Waals surface area contributed by atoms with Gasteiger partial charge in [0.25, 0.3) is 5.91 Å². The number of nitrogens with zero attached hydrogens (tertiary/aromatic N) is 4. The molecule has 0 spiro atoms. The molecule has 0 radical (unpaired) electrons. The summed E-state index contributed by atoms with van der Waals surface area (Å²) in [7, 11) is 1.97. The number of fused-ring (bicyclic) bond motifs is 1. The van der Waals surface area contributed by atoms with Crippen LogP contribution in [-0.2, 0) is 13.6 Å². The molecular formula is C19H23N5O. The van der Waals surface area contributed by atoms with Crippen LogP contribution < -0.4 is 5.32 Å². The molecule has 2 aromatic heterocycles. The number of carbonyl (C=O) groups is 1. The topological polar surface area (TPSA) is 64.7 Å². The lowest BCUT2D eigenvalue weighted by Gasteiger charge is -2.21. The first-order valence-electron chi connectivity index (χ1n) is 8.95. The lowest BCUT2D eigenvalue weighted by molar-refractivity contribution is 0.0949. The Morgan fingerprint density at radius 2 is 2.04 bits per heavy atom. The molecule has 0 saturated heterocycles. The number of aryl methyl sites for hydroxylation is 1. The van der Waals surface area contributed by atoms with E-state index in [4.69, 9.17) is 0 Å². The zero-order valence-corrected chi connectivity index (χ0v) is 14.5. The van der Waals surface area contributed by atoms with E-state index < -0.39 is 0 Å².